The van der Waals surface area contributed by atoms with Crippen LogP contribution >= 0.6 is 0 Å². The van der Waals surface area contributed by atoms with Crippen molar-refractivity contribution in [1.82, 2.24) is 24.5 Å². The molecule has 1 aromatic carbocycles. The number of anilines is 1. The third kappa shape index (κ3) is 5.63. The van der Waals surface area contributed by atoms with Gasteiger partial charge in [0, 0.05) is 19.4 Å². The summed E-state index contributed by atoms with van der Waals surface area (Å²) in [5, 5.41) is 4.28. The van der Waals surface area contributed by atoms with Gasteiger partial charge in [0.25, 0.3) is 0 Å². The molecule has 3 aromatic rings. The fourth-order valence-corrected chi connectivity index (χ4v) is 3.79. The van der Waals surface area contributed by atoms with Crippen molar-refractivity contribution in [3.8, 4) is 6.01 Å². The number of nitrogens with zero attached hydrogens (tertiary/aromatic N) is 5. The third-order valence-corrected chi connectivity index (χ3v) is 5.26. The Kier molecular flexibility index (Phi) is 6.26. The number of rotatable bonds is 8. The molecule has 1 aliphatic heterocycles. The summed E-state index contributed by atoms with van der Waals surface area (Å²) < 4.78 is 43.7. The average Bonchev–Trinajstić information content (AvgIpc) is 3.36. The second-order valence-electron chi connectivity index (χ2n) is 7.81. The number of halogens is 3. The molecular weight excluding hydrogens is 409 g/mol. The van der Waals surface area contributed by atoms with E-state index in [0.29, 0.717) is 12.1 Å². The van der Waals surface area contributed by atoms with Crippen LogP contribution in [0.5, 0.6) is 6.01 Å². The van der Waals surface area contributed by atoms with E-state index in [1.165, 1.54) is 18.4 Å². The van der Waals surface area contributed by atoms with Gasteiger partial charge >= 0.3 is 12.2 Å². The lowest BCUT2D eigenvalue weighted by Gasteiger charge is -2.15. The van der Waals surface area contributed by atoms with Crippen molar-refractivity contribution < 1.29 is 17.9 Å². The molecule has 2 N–H and O–H groups in total. The van der Waals surface area contributed by atoms with E-state index in [4.69, 9.17) is 10.5 Å². The van der Waals surface area contributed by atoms with Crippen molar-refractivity contribution in [1.29, 1.82) is 0 Å². The topological polar surface area (TPSA) is 81.6 Å². The minimum absolute atomic E-state index is 0.0609. The van der Waals surface area contributed by atoms with E-state index >= 15 is 0 Å². The van der Waals surface area contributed by atoms with Gasteiger partial charge < -0.3 is 10.5 Å². The highest BCUT2D eigenvalue weighted by molar-refractivity contribution is 5.59. The molecule has 0 aliphatic carbocycles. The number of alkyl halides is 3. The van der Waals surface area contributed by atoms with E-state index in [-0.39, 0.29) is 24.9 Å². The molecule has 0 saturated carbocycles. The van der Waals surface area contributed by atoms with E-state index in [1.807, 2.05) is 12.1 Å². The van der Waals surface area contributed by atoms with Gasteiger partial charge in [-0.1, -0.05) is 24.3 Å². The van der Waals surface area contributed by atoms with Crippen molar-refractivity contribution in [2.75, 3.05) is 25.4 Å². The zero-order valence-corrected chi connectivity index (χ0v) is 17.1. The molecule has 0 atom stereocenters. The minimum atomic E-state index is -4.21. The zero-order chi connectivity index (χ0) is 21.8. The highest BCUT2D eigenvalue weighted by Gasteiger charge is 2.26. The van der Waals surface area contributed by atoms with Gasteiger partial charge in [0.1, 0.15) is 0 Å². The molecule has 2 aromatic heterocycles. The summed E-state index contributed by atoms with van der Waals surface area (Å²) >= 11 is 0. The Balaban J connectivity index is 1.47. The van der Waals surface area contributed by atoms with Crippen molar-refractivity contribution in [3.05, 3.63) is 47.3 Å². The maximum absolute atomic E-state index is 12.3. The summed E-state index contributed by atoms with van der Waals surface area (Å²) in [6, 6.07) is 8.34. The number of aromatic nitrogens is 4. The quantitative estimate of drug-likeness (QED) is 0.546. The number of likely N-dealkylation sites (tertiary alicyclic amines) is 1. The van der Waals surface area contributed by atoms with Gasteiger partial charge in [-0.3, -0.25) is 4.90 Å². The predicted octanol–water partition coefficient (Wildman–Crippen LogP) is 3.61. The van der Waals surface area contributed by atoms with Gasteiger partial charge in [0.05, 0.1) is 18.5 Å². The number of imidazole rings is 1. The summed E-state index contributed by atoms with van der Waals surface area (Å²) in [4.78, 5) is 10.7. The zero-order valence-electron chi connectivity index (χ0n) is 17.1. The molecular formula is C21H25F3N6O. The lowest BCUT2D eigenvalue weighted by molar-refractivity contribution is -0.136. The van der Waals surface area contributed by atoms with Crippen LogP contribution in [-0.2, 0) is 13.0 Å². The normalized spacial score (nSPS) is 15.1. The summed E-state index contributed by atoms with van der Waals surface area (Å²) in [7, 11) is 0. The van der Waals surface area contributed by atoms with Crippen LogP contribution in [0.1, 0.15) is 42.5 Å². The van der Waals surface area contributed by atoms with Gasteiger partial charge in [-0.15, -0.1) is 5.10 Å². The summed E-state index contributed by atoms with van der Waals surface area (Å²) in [6.45, 7) is 3.07. The molecule has 0 radical (unpaired) electrons. The molecule has 3 heterocycles. The lowest BCUT2D eigenvalue weighted by atomic mass is 10.1. The Hall–Kier alpha value is -2.88. The predicted molar refractivity (Wildman–Crippen MR) is 110 cm³/mol. The second-order valence-corrected chi connectivity index (χ2v) is 7.81. The number of hydrogen-bond acceptors (Lipinski definition) is 6. The van der Waals surface area contributed by atoms with Gasteiger partial charge in [0.15, 0.2) is 11.5 Å². The van der Waals surface area contributed by atoms with Gasteiger partial charge in [-0.25, -0.2) is 9.50 Å². The molecule has 1 fully saturated rings. The molecule has 0 amide bonds. The van der Waals surface area contributed by atoms with Crippen molar-refractivity contribution in [2.24, 2.45) is 0 Å². The van der Waals surface area contributed by atoms with Crippen LogP contribution < -0.4 is 10.5 Å². The molecule has 1 aliphatic rings. The lowest BCUT2D eigenvalue weighted by Crippen LogP contribution is -2.18. The fourth-order valence-electron chi connectivity index (χ4n) is 3.79. The molecule has 31 heavy (non-hydrogen) atoms. The number of benzene rings is 1. The van der Waals surface area contributed by atoms with Crippen LogP contribution in [0.3, 0.4) is 0 Å². The van der Waals surface area contributed by atoms with Crippen LogP contribution in [0, 0.1) is 0 Å². The SMILES string of the molecule is Nc1nc(OCCCC(F)(F)F)nn2c(Cc3cccc(CN4CCCC4)c3)cnc12. The van der Waals surface area contributed by atoms with Crippen LogP contribution in [0.4, 0.5) is 19.0 Å². The Labute approximate surface area is 178 Å². The highest BCUT2D eigenvalue weighted by Crippen LogP contribution is 2.22. The second kappa shape index (κ2) is 9.09. The Bertz CT molecular complexity index is 1030. The highest BCUT2D eigenvalue weighted by atomic mass is 19.4. The van der Waals surface area contributed by atoms with Crippen LogP contribution in [0.15, 0.2) is 30.5 Å². The first-order valence-corrected chi connectivity index (χ1v) is 10.4. The van der Waals surface area contributed by atoms with Crippen molar-refractivity contribution in [2.45, 2.75) is 44.8 Å². The fraction of sp³-hybridized carbons (Fsp3) is 0.476. The third-order valence-electron chi connectivity index (χ3n) is 5.26. The monoisotopic (exact) mass is 434 g/mol. The Morgan fingerprint density at radius 2 is 1.90 bits per heavy atom. The number of hydrogen-bond donors (Lipinski definition) is 1. The first kappa shape index (κ1) is 21.4. The van der Waals surface area contributed by atoms with E-state index in [9.17, 15) is 13.2 Å². The molecule has 10 heteroatoms. The number of ether oxygens (including phenoxy) is 1. The molecule has 7 nitrogen and oxygen atoms in total. The molecule has 0 bridgehead atoms. The van der Waals surface area contributed by atoms with Crippen LogP contribution in [0.25, 0.3) is 5.65 Å². The summed E-state index contributed by atoms with van der Waals surface area (Å²) in [5.41, 5.74) is 9.52. The van der Waals surface area contributed by atoms with Crippen LogP contribution in [0.2, 0.25) is 0 Å². The Morgan fingerprint density at radius 1 is 1.13 bits per heavy atom. The molecule has 0 unspecified atom stereocenters. The van der Waals surface area contributed by atoms with Crippen LogP contribution in [-0.4, -0.2) is 50.4 Å². The smallest absolute Gasteiger partial charge is 0.389 e. The average molecular weight is 434 g/mol. The molecule has 166 valence electrons. The standard InChI is InChI=1S/C21H25F3N6O/c22-21(23,24)7-4-10-31-20-27-18(25)19-26-13-17(30(19)28-20)12-15-5-3-6-16(11-15)14-29-8-1-2-9-29/h3,5-6,11,13H,1-2,4,7-10,12,14H2,(H2,25,27,28). The van der Waals surface area contributed by atoms with E-state index in [0.717, 1.165) is 30.9 Å². The Morgan fingerprint density at radius 3 is 2.68 bits per heavy atom. The number of nitrogen functional groups attached to an aromatic ring is 1. The van der Waals surface area contributed by atoms with Crippen molar-refractivity contribution >= 4 is 11.5 Å². The van der Waals surface area contributed by atoms with E-state index in [1.54, 1.807) is 10.7 Å². The molecule has 4 rings (SSSR count). The number of nitrogens with two attached hydrogens (primary N) is 1. The molecule has 1 saturated heterocycles. The van der Waals surface area contributed by atoms with Gasteiger partial charge in [-0.05, 0) is 43.5 Å². The minimum Gasteiger partial charge on any atom is -0.462 e. The van der Waals surface area contributed by atoms with Gasteiger partial charge in [-0.2, -0.15) is 18.2 Å². The maximum Gasteiger partial charge on any atom is 0.389 e. The van der Waals surface area contributed by atoms with Crippen molar-refractivity contribution in [3.63, 3.8) is 0 Å². The summed E-state index contributed by atoms with van der Waals surface area (Å²) in [6.07, 6.45) is -0.541. The summed E-state index contributed by atoms with van der Waals surface area (Å²) in [5.74, 6) is 0.120. The van der Waals surface area contributed by atoms with Gasteiger partial charge in [0.2, 0.25) is 0 Å². The molecule has 0 spiro atoms. The van der Waals surface area contributed by atoms with E-state index in [2.05, 4.69) is 32.1 Å². The van der Waals surface area contributed by atoms with E-state index < -0.39 is 12.6 Å². The first-order chi connectivity index (χ1) is 14.9. The maximum atomic E-state index is 12.3. The first-order valence-electron chi connectivity index (χ1n) is 10.4. The largest absolute Gasteiger partial charge is 0.462 e. The number of fused-ring (bicyclic) bond motifs is 1.